The van der Waals surface area contributed by atoms with Crippen LogP contribution in [0.15, 0.2) is 0 Å². The van der Waals surface area contributed by atoms with E-state index in [-0.39, 0.29) is 0 Å². The fourth-order valence-electron chi connectivity index (χ4n) is 1.79. The van der Waals surface area contributed by atoms with Gasteiger partial charge in [-0.3, -0.25) is 0 Å². The van der Waals surface area contributed by atoms with E-state index in [9.17, 15) is 0 Å². The molecule has 1 aromatic rings. The second-order valence-corrected chi connectivity index (χ2v) is 4.19. The highest BCUT2D eigenvalue weighted by Crippen LogP contribution is 2.22. The maximum absolute atomic E-state index is 5.48. The van der Waals surface area contributed by atoms with Crippen LogP contribution in [0.5, 0.6) is 0 Å². The average Bonchev–Trinajstić information content (AvgIpc) is 2.41. The van der Waals surface area contributed by atoms with Crippen molar-refractivity contribution in [2.45, 2.75) is 13.8 Å². The number of nitrogens with zero attached hydrogens (tertiary/aromatic N) is 3. The fraction of sp³-hybridized carbons (Fsp3) is 0.667. The van der Waals surface area contributed by atoms with Crippen LogP contribution in [0.3, 0.4) is 0 Å². The summed E-state index contributed by atoms with van der Waals surface area (Å²) < 4.78 is 10.3. The van der Waals surface area contributed by atoms with E-state index >= 15 is 0 Å². The maximum atomic E-state index is 5.48. The summed E-state index contributed by atoms with van der Waals surface area (Å²) in [4.78, 5) is 10.9. The van der Waals surface area contributed by atoms with Crippen molar-refractivity contribution in [2.24, 2.45) is 5.84 Å². The Bertz CT molecular complexity index is 392. The molecule has 7 nitrogen and oxygen atoms in total. The van der Waals surface area contributed by atoms with E-state index < -0.39 is 0 Å². The van der Waals surface area contributed by atoms with Gasteiger partial charge >= 0.3 is 0 Å². The summed E-state index contributed by atoms with van der Waals surface area (Å²) in [6.07, 6.45) is 0. The van der Waals surface area contributed by atoms with Crippen molar-refractivity contribution >= 4 is 11.6 Å². The van der Waals surface area contributed by atoms with Crippen molar-refractivity contribution in [3.05, 3.63) is 11.4 Å². The van der Waals surface area contributed by atoms with Crippen molar-refractivity contribution in [3.8, 4) is 0 Å². The van der Waals surface area contributed by atoms with Crippen molar-refractivity contribution in [1.29, 1.82) is 0 Å². The van der Waals surface area contributed by atoms with Gasteiger partial charge in [0.2, 0.25) is 0 Å². The molecular formula is C12H23N5O2. The van der Waals surface area contributed by atoms with Crippen molar-refractivity contribution < 1.29 is 9.47 Å². The van der Waals surface area contributed by atoms with Crippen LogP contribution in [-0.2, 0) is 9.47 Å². The number of ether oxygens (including phenoxy) is 2. The van der Waals surface area contributed by atoms with Gasteiger partial charge in [0.25, 0.3) is 0 Å². The summed E-state index contributed by atoms with van der Waals surface area (Å²) in [6.45, 7) is 6.50. The molecule has 1 rings (SSSR count). The lowest BCUT2D eigenvalue weighted by atomic mass is 10.2. The Morgan fingerprint density at radius 1 is 1.11 bits per heavy atom. The molecule has 0 fully saturated rings. The zero-order valence-corrected chi connectivity index (χ0v) is 12.1. The predicted octanol–water partition coefficient (Wildman–Crippen LogP) is 0.478. The van der Waals surface area contributed by atoms with Crippen LogP contribution in [0, 0.1) is 13.8 Å². The van der Waals surface area contributed by atoms with Crippen LogP contribution in [0.2, 0.25) is 0 Å². The van der Waals surface area contributed by atoms with E-state index in [2.05, 4.69) is 20.3 Å². The molecule has 0 amide bonds. The molecule has 108 valence electrons. The van der Waals surface area contributed by atoms with Crippen molar-refractivity contribution in [2.75, 3.05) is 50.8 Å². The van der Waals surface area contributed by atoms with Crippen LogP contribution in [0.1, 0.15) is 11.4 Å². The van der Waals surface area contributed by atoms with Crippen LogP contribution in [0.4, 0.5) is 11.6 Å². The SMILES string of the molecule is COCCN(CCOC)c1nc(C)nc(NN)c1C. The van der Waals surface area contributed by atoms with Crippen LogP contribution < -0.4 is 16.2 Å². The fourth-order valence-corrected chi connectivity index (χ4v) is 1.79. The van der Waals surface area contributed by atoms with Crippen LogP contribution in [0.25, 0.3) is 0 Å². The largest absolute Gasteiger partial charge is 0.383 e. The minimum atomic E-state index is 0.623. The molecule has 0 atom stereocenters. The number of nitrogens with two attached hydrogens (primary N) is 1. The molecule has 0 bridgehead atoms. The minimum Gasteiger partial charge on any atom is -0.383 e. The standard InChI is InChI=1S/C12H23N5O2/c1-9-11(16-13)14-10(2)15-12(9)17(5-7-18-3)6-8-19-4/h5-8,13H2,1-4H3,(H,14,15,16). The van der Waals surface area contributed by atoms with Gasteiger partial charge in [0.05, 0.1) is 13.2 Å². The lowest BCUT2D eigenvalue weighted by molar-refractivity contribution is 0.190. The van der Waals surface area contributed by atoms with E-state index in [0.717, 1.165) is 24.5 Å². The number of aromatic nitrogens is 2. The Labute approximate surface area is 114 Å². The first-order chi connectivity index (χ1) is 9.13. The molecule has 0 aromatic carbocycles. The summed E-state index contributed by atoms with van der Waals surface area (Å²) in [5.74, 6) is 7.65. The van der Waals surface area contributed by atoms with Gasteiger partial charge in [-0.2, -0.15) is 0 Å². The number of hydrogen-bond acceptors (Lipinski definition) is 7. The van der Waals surface area contributed by atoms with Crippen molar-refractivity contribution in [3.63, 3.8) is 0 Å². The lowest BCUT2D eigenvalue weighted by Crippen LogP contribution is -2.32. The number of nitrogen functional groups attached to an aromatic ring is 1. The lowest BCUT2D eigenvalue weighted by Gasteiger charge is -2.25. The van der Waals surface area contributed by atoms with Crippen LogP contribution >= 0.6 is 0 Å². The molecule has 0 saturated heterocycles. The molecule has 0 aliphatic rings. The second-order valence-electron chi connectivity index (χ2n) is 4.19. The Balaban J connectivity index is 3.02. The summed E-state index contributed by atoms with van der Waals surface area (Å²) in [5.41, 5.74) is 3.52. The predicted molar refractivity (Wildman–Crippen MR) is 75.3 cm³/mol. The smallest absolute Gasteiger partial charge is 0.148 e. The van der Waals surface area contributed by atoms with Crippen LogP contribution in [-0.4, -0.2) is 50.5 Å². The normalized spacial score (nSPS) is 10.6. The molecule has 0 unspecified atom stereocenters. The third-order valence-corrected chi connectivity index (χ3v) is 2.80. The first kappa shape index (κ1) is 15.6. The number of hydrazine groups is 1. The number of anilines is 2. The zero-order chi connectivity index (χ0) is 14.3. The molecule has 3 N–H and O–H groups in total. The summed E-state index contributed by atoms with van der Waals surface area (Å²) >= 11 is 0. The van der Waals surface area contributed by atoms with E-state index in [1.807, 2.05) is 13.8 Å². The summed E-state index contributed by atoms with van der Waals surface area (Å²) in [7, 11) is 3.36. The highest BCUT2D eigenvalue weighted by Gasteiger charge is 2.15. The Morgan fingerprint density at radius 3 is 2.16 bits per heavy atom. The van der Waals surface area contributed by atoms with Crippen molar-refractivity contribution in [1.82, 2.24) is 9.97 Å². The number of rotatable bonds is 8. The first-order valence-electron chi connectivity index (χ1n) is 6.18. The van der Waals surface area contributed by atoms with Gasteiger partial charge in [-0.05, 0) is 13.8 Å². The summed E-state index contributed by atoms with van der Waals surface area (Å²) in [6, 6.07) is 0. The zero-order valence-electron chi connectivity index (χ0n) is 12.1. The second kappa shape index (κ2) is 7.88. The van der Waals surface area contributed by atoms with Gasteiger partial charge < -0.3 is 19.8 Å². The Hall–Kier alpha value is -1.44. The quantitative estimate of drug-likeness (QED) is 0.524. The molecule has 19 heavy (non-hydrogen) atoms. The first-order valence-corrected chi connectivity index (χ1v) is 6.18. The Morgan fingerprint density at radius 2 is 1.68 bits per heavy atom. The maximum Gasteiger partial charge on any atom is 0.148 e. The van der Waals surface area contributed by atoms with Gasteiger partial charge in [0.15, 0.2) is 0 Å². The molecule has 0 radical (unpaired) electrons. The number of nitrogens with one attached hydrogen (secondary N) is 1. The molecule has 1 heterocycles. The van der Waals surface area contributed by atoms with Gasteiger partial charge in [-0.1, -0.05) is 0 Å². The molecule has 7 heteroatoms. The van der Waals surface area contributed by atoms with E-state index in [1.165, 1.54) is 0 Å². The van der Waals surface area contributed by atoms with E-state index in [1.54, 1.807) is 14.2 Å². The highest BCUT2D eigenvalue weighted by atomic mass is 16.5. The number of methoxy groups -OCH3 is 2. The third-order valence-electron chi connectivity index (χ3n) is 2.80. The third kappa shape index (κ3) is 4.30. The van der Waals surface area contributed by atoms with E-state index in [0.29, 0.717) is 24.9 Å². The molecule has 0 aliphatic heterocycles. The molecule has 0 spiro atoms. The molecule has 0 aliphatic carbocycles. The molecule has 0 saturated carbocycles. The number of aryl methyl sites for hydroxylation is 1. The van der Waals surface area contributed by atoms with Gasteiger partial charge in [-0.25, -0.2) is 15.8 Å². The van der Waals surface area contributed by atoms with Gasteiger partial charge in [0, 0.05) is 32.9 Å². The van der Waals surface area contributed by atoms with Gasteiger partial charge in [0.1, 0.15) is 17.5 Å². The topological polar surface area (TPSA) is 85.5 Å². The highest BCUT2D eigenvalue weighted by molar-refractivity contribution is 5.58. The summed E-state index contributed by atoms with van der Waals surface area (Å²) in [5, 5.41) is 0. The Kier molecular flexibility index (Phi) is 6.48. The molecular weight excluding hydrogens is 246 g/mol. The molecule has 1 aromatic heterocycles. The average molecular weight is 269 g/mol. The number of hydrogen-bond donors (Lipinski definition) is 2. The van der Waals surface area contributed by atoms with Gasteiger partial charge in [-0.15, -0.1) is 0 Å². The minimum absolute atomic E-state index is 0.623. The van der Waals surface area contributed by atoms with E-state index in [4.69, 9.17) is 15.3 Å². The monoisotopic (exact) mass is 269 g/mol.